The second-order valence-corrected chi connectivity index (χ2v) is 7.47. The van der Waals surface area contributed by atoms with Crippen LogP contribution in [0.25, 0.3) is 0 Å². The fourth-order valence-corrected chi connectivity index (χ4v) is 3.88. The summed E-state index contributed by atoms with van der Waals surface area (Å²) in [5.41, 5.74) is 1.37. The molecule has 0 bridgehead atoms. The third-order valence-electron chi connectivity index (χ3n) is 5.32. The minimum Gasteiger partial charge on any atom is -0.385 e. The van der Waals surface area contributed by atoms with Crippen LogP contribution in [0.5, 0.6) is 0 Å². The van der Waals surface area contributed by atoms with Crippen molar-refractivity contribution in [3.8, 4) is 0 Å². The molecule has 0 aliphatic heterocycles. The van der Waals surface area contributed by atoms with Crippen LogP contribution >= 0.6 is 11.6 Å². The van der Waals surface area contributed by atoms with Crippen LogP contribution in [0.15, 0.2) is 29.3 Å². The summed E-state index contributed by atoms with van der Waals surface area (Å²) in [6.45, 7) is 2.36. The molecule has 0 spiro atoms. The summed E-state index contributed by atoms with van der Waals surface area (Å²) in [6, 6.07) is 7.77. The number of methoxy groups -OCH3 is 2. The van der Waals surface area contributed by atoms with E-state index >= 15 is 0 Å². The van der Waals surface area contributed by atoms with Crippen molar-refractivity contribution in [3.05, 3.63) is 34.9 Å². The molecule has 1 aliphatic carbocycles. The second kappa shape index (κ2) is 10.8. The minimum absolute atomic E-state index is 0.0822. The summed E-state index contributed by atoms with van der Waals surface area (Å²) in [7, 11) is 5.28. The summed E-state index contributed by atoms with van der Waals surface area (Å²) < 4.78 is 10.9. The van der Waals surface area contributed by atoms with Crippen molar-refractivity contribution in [2.75, 3.05) is 41.0 Å². The molecule has 1 aliphatic rings. The van der Waals surface area contributed by atoms with Crippen LogP contribution in [-0.4, -0.2) is 46.9 Å². The first-order chi connectivity index (χ1) is 12.6. The van der Waals surface area contributed by atoms with Gasteiger partial charge < -0.3 is 20.1 Å². The Morgan fingerprint density at radius 2 is 2.04 bits per heavy atom. The van der Waals surface area contributed by atoms with E-state index in [0.29, 0.717) is 17.0 Å². The van der Waals surface area contributed by atoms with Gasteiger partial charge >= 0.3 is 0 Å². The highest BCUT2D eigenvalue weighted by molar-refractivity contribution is 6.30. The summed E-state index contributed by atoms with van der Waals surface area (Å²) in [5.74, 6) is 0.803. The number of nitrogens with zero attached hydrogens (tertiary/aromatic N) is 1. The molecule has 146 valence electrons. The van der Waals surface area contributed by atoms with E-state index in [-0.39, 0.29) is 6.10 Å². The van der Waals surface area contributed by atoms with E-state index in [1.807, 2.05) is 24.3 Å². The highest BCUT2D eigenvalue weighted by atomic mass is 35.5. The number of ether oxygens (including phenoxy) is 2. The van der Waals surface area contributed by atoms with Crippen molar-refractivity contribution in [2.45, 2.75) is 38.2 Å². The van der Waals surface area contributed by atoms with E-state index in [1.54, 1.807) is 21.3 Å². The molecule has 1 fully saturated rings. The summed E-state index contributed by atoms with van der Waals surface area (Å²) >= 11 is 6.09. The Labute approximate surface area is 162 Å². The lowest BCUT2D eigenvalue weighted by Crippen LogP contribution is -2.44. The lowest BCUT2D eigenvalue weighted by atomic mass is 9.83. The van der Waals surface area contributed by atoms with Gasteiger partial charge in [0.1, 0.15) is 0 Å². The van der Waals surface area contributed by atoms with Crippen LogP contribution in [0.1, 0.15) is 43.8 Å². The Bertz CT molecular complexity index is 574. The van der Waals surface area contributed by atoms with Gasteiger partial charge in [0, 0.05) is 46.0 Å². The molecule has 0 amide bonds. The van der Waals surface area contributed by atoms with Crippen LogP contribution in [-0.2, 0) is 9.47 Å². The largest absolute Gasteiger partial charge is 0.385 e. The van der Waals surface area contributed by atoms with Gasteiger partial charge in [-0.05, 0) is 42.4 Å². The van der Waals surface area contributed by atoms with Crippen molar-refractivity contribution in [1.82, 2.24) is 10.6 Å². The van der Waals surface area contributed by atoms with E-state index in [0.717, 1.165) is 31.1 Å². The topological polar surface area (TPSA) is 54.9 Å². The standard InChI is InChI=1S/C20H32ClN3O2/c1-22-19(24-15-20(11-12-25-2)9-4-5-10-20)23-14-18(26-3)16-7-6-8-17(21)13-16/h6-8,13,18H,4-5,9-12,14-15H2,1-3H3,(H2,22,23,24). The number of aliphatic imine (C=N–C) groups is 1. The fourth-order valence-electron chi connectivity index (χ4n) is 3.68. The average molecular weight is 382 g/mol. The molecule has 2 rings (SSSR count). The zero-order valence-electron chi connectivity index (χ0n) is 16.2. The maximum absolute atomic E-state index is 6.09. The second-order valence-electron chi connectivity index (χ2n) is 7.04. The van der Waals surface area contributed by atoms with Gasteiger partial charge in [0.15, 0.2) is 5.96 Å². The quantitative estimate of drug-likeness (QED) is 0.504. The van der Waals surface area contributed by atoms with Crippen molar-refractivity contribution in [3.63, 3.8) is 0 Å². The van der Waals surface area contributed by atoms with E-state index in [9.17, 15) is 0 Å². The van der Waals surface area contributed by atoms with Gasteiger partial charge in [0.25, 0.3) is 0 Å². The summed E-state index contributed by atoms with van der Waals surface area (Å²) in [6.07, 6.45) is 6.13. The van der Waals surface area contributed by atoms with Gasteiger partial charge in [-0.1, -0.05) is 36.6 Å². The molecule has 1 unspecified atom stereocenters. The van der Waals surface area contributed by atoms with E-state index in [2.05, 4.69) is 15.6 Å². The highest BCUT2D eigenvalue weighted by Gasteiger charge is 2.33. The van der Waals surface area contributed by atoms with Gasteiger partial charge in [0.05, 0.1) is 6.10 Å². The van der Waals surface area contributed by atoms with Crippen LogP contribution in [0, 0.1) is 5.41 Å². The number of benzene rings is 1. The van der Waals surface area contributed by atoms with Gasteiger partial charge in [-0.25, -0.2) is 0 Å². The minimum atomic E-state index is -0.0822. The van der Waals surface area contributed by atoms with Gasteiger partial charge in [-0.15, -0.1) is 0 Å². The predicted molar refractivity (Wildman–Crippen MR) is 108 cm³/mol. The first kappa shape index (κ1) is 21.0. The zero-order valence-corrected chi connectivity index (χ0v) is 16.9. The number of hydrogen-bond donors (Lipinski definition) is 2. The molecule has 5 nitrogen and oxygen atoms in total. The smallest absolute Gasteiger partial charge is 0.191 e. The molecule has 1 aromatic rings. The van der Waals surface area contributed by atoms with Crippen LogP contribution in [0.3, 0.4) is 0 Å². The normalized spacial score (nSPS) is 17.9. The summed E-state index contributed by atoms with van der Waals surface area (Å²) in [5, 5.41) is 7.60. The van der Waals surface area contributed by atoms with Gasteiger partial charge in [0.2, 0.25) is 0 Å². The maximum atomic E-state index is 6.09. The third-order valence-corrected chi connectivity index (χ3v) is 5.55. The number of rotatable bonds is 9. The Balaban J connectivity index is 1.88. The van der Waals surface area contributed by atoms with Gasteiger partial charge in [-0.3, -0.25) is 4.99 Å². The van der Waals surface area contributed by atoms with E-state index < -0.39 is 0 Å². The van der Waals surface area contributed by atoms with Crippen molar-refractivity contribution >= 4 is 17.6 Å². The fraction of sp³-hybridized carbons (Fsp3) is 0.650. The molecular formula is C20H32ClN3O2. The first-order valence-electron chi connectivity index (χ1n) is 9.34. The lowest BCUT2D eigenvalue weighted by molar-refractivity contribution is 0.106. The van der Waals surface area contributed by atoms with Crippen molar-refractivity contribution in [2.24, 2.45) is 10.4 Å². The van der Waals surface area contributed by atoms with Crippen LogP contribution in [0.2, 0.25) is 5.02 Å². The molecule has 0 saturated heterocycles. The Morgan fingerprint density at radius 3 is 2.65 bits per heavy atom. The number of nitrogens with one attached hydrogen (secondary N) is 2. The number of halogens is 1. The van der Waals surface area contributed by atoms with Gasteiger partial charge in [-0.2, -0.15) is 0 Å². The van der Waals surface area contributed by atoms with E-state index in [1.165, 1.54) is 25.7 Å². The molecule has 1 atom stereocenters. The average Bonchev–Trinajstić information content (AvgIpc) is 3.12. The highest BCUT2D eigenvalue weighted by Crippen LogP contribution is 2.40. The van der Waals surface area contributed by atoms with Crippen LogP contribution < -0.4 is 10.6 Å². The predicted octanol–water partition coefficient (Wildman–Crippen LogP) is 3.79. The van der Waals surface area contributed by atoms with E-state index in [4.69, 9.17) is 21.1 Å². The monoisotopic (exact) mass is 381 g/mol. The first-order valence-corrected chi connectivity index (χ1v) is 9.72. The molecule has 0 aromatic heterocycles. The molecule has 0 heterocycles. The molecule has 0 radical (unpaired) electrons. The molecule has 1 aromatic carbocycles. The van der Waals surface area contributed by atoms with Crippen molar-refractivity contribution in [1.29, 1.82) is 0 Å². The SMILES string of the molecule is CN=C(NCC(OC)c1cccc(Cl)c1)NCC1(CCOC)CCCC1. The lowest BCUT2D eigenvalue weighted by Gasteiger charge is -2.30. The van der Waals surface area contributed by atoms with Crippen LogP contribution in [0.4, 0.5) is 0 Å². The Kier molecular flexibility index (Phi) is 8.69. The molecule has 1 saturated carbocycles. The summed E-state index contributed by atoms with van der Waals surface area (Å²) in [4.78, 5) is 4.36. The Morgan fingerprint density at radius 1 is 1.27 bits per heavy atom. The zero-order chi connectivity index (χ0) is 18.8. The third kappa shape index (κ3) is 6.15. The molecule has 2 N–H and O–H groups in total. The number of hydrogen-bond acceptors (Lipinski definition) is 3. The Hall–Kier alpha value is -1.30. The van der Waals surface area contributed by atoms with Crippen molar-refractivity contribution < 1.29 is 9.47 Å². The molecular weight excluding hydrogens is 350 g/mol. The molecule has 6 heteroatoms. The molecule has 26 heavy (non-hydrogen) atoms. The number of guanidine groups is 1. The maximum Gasteiger partial charge on any atom is 0.191 e.